The van der Waals surface area contributed by atoms with Crippen LogP contribution in [0.15, 0.2) is 53.1 Å². The Morgan fingerprint density at radius 2 is 1.86 bits per heavy atom. The standard InChI is InChI=1S/C28H35N3O5S/c1-3-22(20-5-4-6-21(10-20)30-37(34,35)25-15-31(2)16-29-25)26-23(32)11-24(36-27(26)33)28-12-17-7-18(13-28)9-19(8-17)14-28/h4-6,10,15-19,22,24,30,32H,3,7-9,11-14H2,1-2H3. The lowest BCUT2D eigenvalue weighted by Crippen LogP contribution is -2.53. The van der Waals surface area contributed by atoms with E-state index in [1.54, 1.807) is 29.8 Å². The van der Waals surface area contributed by atoms with Crippen LogP contribution >= 0.6 is 0 Å². The summed E-state index contributed by atoms with van der Waals surface area (Å²) in [5.74, 6) is 1.50. The lowest BCUT2D eigenvalue weighted by molar-refractivity contribution is -0.173. The average Bonchev–Trinajstić information content (AvgIpc) is 3.28. The number of hydrogen-bond donors (Lipinski definition) is 2. The molecular weight excluding hydrogens is 490 g/mol. The van der Waals surface area contributed by atoms with Crippen molar-refractivity contribution in [2.24, 2.45) is 30.2 Å². The van der Waals surface area contributed by atoms with Gasteiger partial charge in [-0.2, -0.15) is 8.42 Å². The third-order valence-corrected chi connectivity index (χ3v) is 10.4. The number of cyclic esters (lactones) is 1. The second kappa shape index (κ2) is 8.89. The first-order valence-electron chi connectivity index (χ1n) is 13.4. The van der Waals surface area contributed by atoms with Crippen LogP contribution in [0.4, 0.5) is 5.69 Å². The first kappa shape index (κ1) is 24.5. The molecule has 2 unspecified atom stereocenters. The SMILES string of the molecule is CCC(C1=C(O)CC(C23CC4CC(CC(C4)C2)C3)OC1=O)c1cccc(NS(=O)(=O)c2cn(C)cn2)c1. The zero-order chi connectivity index (χ0) is 25.9. The van der Waals surface area contributed by atoms with Crippen molar-refractivity contribution in [1.29, 1.82) is 0 Å². The summed E-state index contributed by atoms with van der Waals surface area (Å²) in [5, 5.41) is 11.2. The molecule has 2 N–H and O–H groups in total. The minimum Gasteiger partial charge on any atom is -0.512 e. The smallest absolute Gasteiger partial charge is 0.338 e. The highest BCUT2D eigenvalue weighted by Gasteiger charge is 2.56. The van der Waals surface area contributed by atoms with E-state index < -0.39 is 21.9 Å². The Morgan fingerprint density at radius 3 is 2.43 bits per heavy atom. The Labute approximate surface area is 218 Å². The van der Waals surface area contributed by atoms with Crippen molar-refractivity contribution in [2.45, 2.75) is 75.3 Å². The molecule has 2 aromatic rings. The van der Waals surface area contributed by atoms with E-state index in [0.717, 1.165) is 42.6 Å². The molecule has 7 rings (SSSR count). The number of rotatable bonds is 7. The molecule has 9 heteroatoms. The monoisotopic (exact) mass is 525 g/mol. The van der Waals surface area contributed by atoms with Gasteiger partial charge in [0.15, 0.2) is 5.03 Å². The predicted molar refractivity (Wildman–Crippen MR) is 138 cm³/mol. The highest BCUT2D eigenvalue weighted by Crippen LogP contribution is 2.63. The Morgan fingerprint density at radius 1 is 1.19 bits per heavy atom. The molecule has 2 heterocycles. The number of aryl methyl sites for hydroxylation is 1. The molecule has 0 spiro atoms. The molecule has 1 aromatic heterocycles. The van der Waals surface area contributed by atoms with E-state index in [9.17, 15) is 18.3 Å². The van der Waals surface area contributed by atoms with E-state index >= 15 is 0 Å². The third-order valence-electron chi connectivity index (χ3n) is 9.18. The molecule has 0 saturated heterocycles. The van der Waals surface area contributed by atoms with Crippen molar-refractivity contribution in [2.75, 3.05) is 4.72 Å². The van der Waals surface area contributed by atoms with Crippen molar-refractivity contribution in [3.05, 3.63) is 53.7 Å². The number of carbonyl (C=O) groups is 1. The second-order valence-corrected chi connectivity index (χ2v) is 13.4. The number of nitrogens with one attached hydrogen (secondary N) is 1. The number of anilines is 1. The summed E-state index contributed by atoms with van der Waals surface area (Å²) in [4.78, 5) is 17.4. The van der Waals surface area contributed by atoms with E-state index in [0.29, 0.717) is 24.1 Å². The number of sulfonamides is 1. The highest BCUT2D eigenvalue weighted by molar-refractivity contribution is 7.92. The van der Waals surface area contributed by atoms with Gasteiger partial charge in [-0.1, -0.05) is 19.1 Å². The number of ether oxygens (including phenoxy) is 1. The summed E-state index contributed by atoms with van der Waals surface area (Å²) in [6.07, 6.45) is 10.8. The average molecular weight is 526 g/mol. The lowest BCUT2D eigenvalue weighted by Gasteiger charge is -2.59. The van der Waals surface area contributed by atoms with Gasteiger partial charge in [0.25, 0.3) is 10.0 Å². The van der Waals surface area contributed by atoms with Gasteiger partial charge in [0.1, 0.15) is 11.9 Å². The number of nitrogens with zero attached hydrogens (tertiary/aromatic N) is 2. The topological polar surface area (TPSA) is 111 Å². The minimum absolute atomic E-state index is 0.00923. The van der Waals surface area contributed by atoms with Crippen LogP contribution in [0.2, 0.25) is 0 Å². The summed E-state index contributed by atoms with van der Waals surface area (Å²) < 4.78 is 35.8. The number of imidazole rings is 1. The maximum absolute atomic E-state index is 13.4. The fraction of sp³-hybridized carbons (Fsp3) is 0.571. The summed E-state index contributed by atoms with van der Waals surface area (Å²) >= 11 is 0. The normalized spacial score (nSPS) is 31.9. The van der Waals surface area contributed by atoms with Crippen molar-refractivity contribution in [3.8, 4) is 0 Å². The zero-order valence-corrected chi connectivity index (χ0v) is 22.2. The summed E-state index contributed by atoms with van der Waals surface area (Å²) in [5.41, 5.74) is 1.43. The van der Waals surface area contributed by atoms with Gasteiger partial charge in [0.05, 0.1) is 11.9 Å². The van der Waals surface area contributed by atoms with E-state index in [4.69, 9.17) is 4.74 Å². The molecule has 4 aliphatic carbocycles. The summed E-state index contributed by atoms with van der Waals surface area (Å²) in [7, 11) is -2.15. The number of aliphatic hydroxyl groups excluding tert-OH is 1. The number of aromatic nitrogens is 2. The fourth-order valence-corrected chi connectivity index (χ4v) is 9.09. The van der Waals surface area contributed by atoms with Crippen molar-refractivity contribution in [3.63, 3.8) is 0 Å². The van der Waals surface area contributed by atoms with Gasteiger partial charge in [-0.3, -0.25) is 4.72 Å². The van der Waals surface area contributed by atoms with E-state index in [-0.39, 0.29) is 22.3 Å². The van der Waals surface area contributed by atoms with E-state index in [2.05, 4.69) is 9.71 Å². The van der Waals surface area contributed by atoms with Crippen LogP contribution in [0.1, 0.15) is 69.8 Å². The minimum atomic E-state index is -3.85. The zero-order valence-electron chi connectivity index (χ0n) is 21.4. The molecule has 0 radical (unpaired) electrons. The first-order chi connectivity index (χ1) is 17.7. The molecule has 0 amide bonds. The maximum atomic E-state index is 13.4. The molecule has 37 heavy (non-hydrogen) atoms. The second-order valence-electron chi connectivity index (χ2n) is 11.8. The van der Waals surface area contributed by atoms with E-state index in [1.165, 1.54) is 31.8 Å². The van der Waals surface area contributed by atoms with E-state index in [1.807, 2.05) is 13.0 Å². The molecule has 198 valence electrons. The van der Waals surface area contributed by atoms with Crippen LogP contribution in [0.5, 0.6) is 0 Å². The van der Waals surface area contributed by atoms with Gasteiger partial charge in [-0.25, -0.2) is 9.78 Å². The molecule has 4 bridgehead atoms. The molecule has 4 fully saturated rings. The molecule has 1 aliphatic heterocycles. The number of carbonyl (C=O) groups excluding carboxylic acids is 1. The van der Waals surface area contributed by atoms with Crippen molar-refractivity contribution >= 4 is 21.7 Å². The van der Waals surface area contributed by atoms with Crippen LogP contribution in [0.3, 0.4) is 0 Å². The van der Waals surface area contributed by atoms with Gasteiger partial charge in [0, 0.05) is 36.7 Å². The Bertz CT molecular complexity index is 1330. The van der Waals surface area contributed by atoms with Gasteiger partial charge >= 0.3 is 5.97 Å². The molecule has 1 aromatic carbocycles. The van der Waals surface area contributed by atoms with Crippen molar-refractivity contribution < 1.29 is 23.1 Å². The van der Waals surface area contributed by atoms with Crippen LogP contribution in [0, 0.1) is 23.2 Å². The van der Waals surface area contributed by atoms with Gasteiger partial charge in [-0.15, -0.1) is 0 Å². The third kappa shape index (κ3) is 4.35. The number of hydrogen-bond acceptors (Lipinski definition) is 6. The number of benzene rings is 1. The maximum Gasteiger partial charge on any atom is 0.338 e. The van der Waals surface area contributed by atoms with Crippen LogP contribution in [-0.4, -0.2) is 35.1 Å². The molecule has 8 nitrogen and oxygen atoms in total. The predicted octanol–water partition coefficient (Wildman–Crippen LogP) is 5.06. The fourth-order valence-electron chi connectivity index (χ4n) is 8.06. The summed E-state index contributed by atoms with van der Waals surface area (Å²) in [6, 6.07) is 6.98. The summed E-state index contributed by atoms with van der Waals surface area (Å²) in [6.45, 7) is 1.95. The lowest BCUT2D eigenvalue weighted by atomic mass is 9.47. The Hall–Kier alpha value is -2.81. The van der Waals surface area contributed by atoms with Crippen LogP contribution < -0.4 is 4.72 Å². The Kier molecular flexibility index (Phi) is 5.89. The molecule has 5 aliphatic rings. The Balaban J connectivity index is 1.25. The molecule has 4 saturated carbocycles. The van der Waals surface area contributed by atoms with Gasteiger partial charge in [0.2, 0.25) is 0 Å². The van der Waals surface area contributed by atoms with Crippen molar-refractivity contribution in [1.82, 2.24) is 9.55 Å². The van der Waals surface area contributed by atoms with Gasteiger partial charge < -0.3 is 14.4 Å². The van der Waals surface area contributed by atoms with Gasteiger partial charge in [-0.05, 0) is 80.4 Å². The number of aliphatic hydroxyl groups is 1. The van der Waals surface area contributed by atoms with Crippen LogP contribution in [-0.2, 0) is 26.6 Å². The molecular formula is C28H35N3O5S. The largest absolute Gasteiger partial charge is 0.512 e. The van der Waals surface area contributed by atoms with Crippen LogP contribution in [0.25, 0.3) is 0 Å². The number of esters is 1. The molecule has 2 atom stereocenters. The first-order valence-corrected chi connectivity index (χ1v) is 14.9. The highest BCUT2D eigenvalue weighted by atomic mass is 32.2. The quantitative estimate of drug-likeness (QED) is 0.489.